The highest BCUT2D eigenvalue weighted by molar-refractivity contribution is 7.87. The van der Waals surface area contributed by atoms with Gasteiger partial charge < -0.3 is 0 Å². The standard InChI is InChI=1S/C23H46N3O2S/c1-4-5-6-7-8-9-10-11-12-13-14-15-16-17-18-19-20-25-21-22-26(23-25)29(27,28)24(2)3/h21-23H,4-20H2,1-3H3/q+1. The quantitative estimate of drug-likeness (QED) is 0.210. The van der Waals surface area contributed by atoms with E-state index in [1.807, 2.05) is 10.8 Å². The highest BCUT2D eigenvalue weighted by Crippen LogP contribution is 2.13. The van der Waals surface area contributed by atoms with Gasteiger partial charge in [-0.1, -0.05) is 96.8 Å². The molecule has 0 saturated heterocycles. The van der Waals surface area contributed by atoms with E-state index in [9.17, 15) is 8.42 Å². The Morgan fingerprint density at radius 1 is 0.724 bits per heavy atom. The van der Waals surface area contributed by atoms with Crippen molar-refractivity contribution in [1.82, 2.24) is 8.28 Å². The van der Waals surface area contributed by atoms with Crippen LogP contribution in [-0.4, -0.2) is 30.8 Å². The van der Waals surface area contributed by atoms with E-state index in [2.05, 4.69) is 6.92 Å². The zero-order valence-corrected chi connectivity index (χ0v) is 20.1. The summed E-state index contributed by atoms with van der Waals surface area (Å²) in [6, 6.07) is 0. The lowest BCUT2D eigenvalue weighted by atomic mass is 10.0. The van der Waals surface area contributed by atoms with Crippen molar-refractivity contribution in [2.45, 2.75) is 116 Å². The zero-order valence-electron chi connectivity index (χ0n) is 19.3. The zero-order chi connectivity index (χ0) is 21.4. The van der Waals surface area contributed by atoms with Gasteiger partial charge in [0.2, 0.25) is 0 Å². The Bertz CT molecular complexity index is 611. The minimum atomic E-state index is -3.39. The first-order valence-electron chi connectivity index (χ1n) is 12.0. The van der Waals surface area contributed by atoms with Gasteiger partial charge >= 0.3 is 10.2 Å². The molecule has 0 aliphatic heterocycles. The van der Waals surface area contributed by atoms with Crippen LogP contribution in [0.3, 0.4) is 0 Å². The van der Waals surface area contributed by atoms with Crippen LogP contribution in [0.2, 0.25) is 0 Å². The molecule has 29 heavy (non-hydrogen) atoms. The van der Waals surface area contributed by atoms with Crippen LogP contribution in [-0.2, 0) is 16.8 Å². The van der Waals surface area contributed by atoms with E-state index < -0.39 is 10.2 Å². The second kappa shape index (κ2) is 15.9. The van der Waals surface area contributed by atoms with Gasteiger partial charge in [-0.05, 0) is 12.8 Å². The van der Waals surface area contributed by atoms with E-state index in [-0.39, 0.29) is 0 Å². The molecule has 1 aromatic heterocycles. The molecule has 0 aromatic carbocycles. The van der Waals surface area contributed by atoms with Crippen molar-refractivity contribution in [2.24, 2.45) is 0 Å². The monoisotopic (exact) mass is 428 g/mol. The fourth-order valence-electron chi connectivity index (χ4n) is 3.67. The first kappa shape index (κ1) is 26.2. The van der Waals surface area contributed by atoms with Gasteiger partial charge in [-0.15, -0.1) is 3.97 Å². The smallest absolute Gasteiger partial charge is 0.236 e. The Balaban J connectivity index is 1.90. The third kappa shape index (κ3) is 11.8. The molecule has 6 heteroatoms. The topological polar surface area (TPSA) is 46.2 Å². The summed E-state index contributed by atoms with van der Waals surface area (Å²) >= 11 is 0. The largest absolute Gasteiger partial charge is 0.379 e. The normalized spacial score (nSPS) is 12.1. The minimum Gasteiger partial charge on any atom is -0.236 e. The first-order valence-corrected chi connectivity index (χ1v) is 13.4. The lowest BCUT2D eigenvalue weighted by Crippen LogP contribution is -2.33. The van der Waals surface area contributed by atoms with Crippen molar-refractivity contribution in [3.8, 4) is 0 Å². The molecule has 5 nitrogen and oxygen atoms in total. The molecule has 170 valence electrons. The summed E-state index contributed by atoms with van der Waals surface area (Å²) in [6.45, 7) is 3.16. The number of rotatable bonds is 19. The van der Waals surface area contributed by atoms with E-state index in [0.29, 0.717) is 0 Å². The lowest BCUT2D eigenvalue weighted by molar-refractivity contribution is -0.696. The number of nitrogens with zero attached hydrogens (tertiary/aromatic N) is 3. The van der Waals surface area contributed by atoms with Crippen LogP contribution in [0.5, 0.6) is 0 Å². The Morgan fingerprint density at radius 3 is 1.55 bits per heavy atom. The van der Waals surface area contributed by atoms with Crippen molar-refractivity contribution < 1.29 is 13.0 Å². The molecule has 0 N–H and O–H groups in total. The SMILES string of the molecule is CCCCCCCCCCCCCCCCCC[n+]1ccn(S(=O)(=O)N(C)C)c1. The summed E-state index contributed by atoms with van der Waals surface area (Å²) in [5.41, 5.74) is 0. The highest BCUT2D eigenvalue weighted by atomic mass is 32.2. The number of aromatic nitrogens is 2. The van der Waals surface area contributed by atoms with E-state index in [4.69, 9.17) is 0 Å². The van der Waals surface area contributed by atoms with Gasteiger partial charge in [0.25, 0.3) is 6.33 Å². The van der Waals surface area contributed by atoms with Crippen molar-refractivity contribution in [3.05, 3.63) is 18.7 Å². The maximum absolute atomic E-state index is 12.0. The summed E-state index contributed by atoms with van der Waals surface area (Å²) in [6.07, 6.45) is 27.0. The van der Waals surface area contributed by atoms with E-state index >= 15 is 0 Å². The number of imidazole rings is 1. The maximum atomic E-state index is 12.0. The molecule has 0 amide bonds. The van der Waals surface area contributed by atoms with Gasteiger partial charge in [0.05, 0.1) is 6.54 Å². The average Bonchev–Trinajstić information content (AvgIpc) is 3.17. The van der Waals surface area contributed by atoms with Gasteiger partial charge in [0.1, 0.15) is 12.4 Å². The van der Waals surface area contributed by atoms with E-state index in [0.717, 1.165) is 13.0 Å². The number of hydrogen-bond donors (Lipinski definition) is 0. The molecular formula is C23H46N3O2S+. The van der Waals surface area contributed by atoms with Gasteiger partial charge in [-0.2, -0.15) is 12.7 Å². The number of unbranched alkanes of at least 4 members (excludes halogenated alkanes) is 15. The molecule has 0 aliphatic carbocycles. The molecule has 0 aliphatic rings. The van der Waals surface area contributed by atoms with Crippen molar-refractivity contribution in [3.63, 3.8) is 0 Å². The molecule has 0 spiro atoms. The predicted octanol–water partition coefficient (Wildman–Crippen LogP) is 5.69. The molecule has 0 bridgehead atoms. The Morgan fingerprint density at radius 2 is 1.14 bits per heavy atom. The lowest BCUT2D eigenvalue weighted by Gasteiger charge is -2.05. The van der Waals surface area contributed by atoms with Crippen molar-refractivity contribution in [1.29, 1.82) is 0 Å². The molecule has 0 unspecified atom stereocenters. The van der Waals surface area contributed by atoms with Gasteiger partial charge in [0, 0.05) is 14.1 Å². The predicted molar refractivity (Wildman–Crippen MR) is 122 cm³/mol. The van der Waals surface area contributed by atoms with Crippen molar-refractivity contribution in [2.75, 3.05) is 14.1 Å². The third-order valence-corrected chi connectivity index (χ3v) is 7.34. The molecule has 0 atom stereocenters. The first-order chi connectivity index (χ1) is 14.0. The molecular weight excluding hydrogens is 382 g/mol. The van der Waals surface area contributed by atoms with Crippen LogP contribution < -0.4 is 4.57 Å². The van der Waals surface area contributed by atoms with Crippen LogP contribution in [0, 0.1) is 0 Å². The Hall–Kier alpha value is -0.880. The van der Waals surface area contributed by atoms with Crippen molar-refractivity contribution >= 4 is 10.2 Å². The van der Waals surface area contributed by atoms with Gasteiger partial charge in [-0.3, -0.25) is 0 Å². The molecule has 1 aromatic rings. The minimum absolute atomic E-state index is 0.883. The number of aryl methyl sites for hydroxylation is 1. The molecule has 0 saturated carbocycles. The van der Waals surface area contributed by atoms with Gasteiger partial charge in [-0.25, -0.2) is 4.57 Å². The summed E-state index contributed by atoms with van der Waals surface area (Å²) < 4.78 is 28.6. The summed E-state index contributed by atoms with van der Waals surface area (Å²) in [5.74, 6) is 0. The van der Waals surface area contributed by atoms with Gasteiger partial charge in [0.15, 0.2) is 0 Å². The summed E-state index contributed by atoms with van der Waals surface area (Å²) in [7, 11) is -0.286. The van der Waals surface area contributed by atoms with Crippen LogP contribution in [0.4, 0.5) is 0 Å². The Labute approximate surface area is 180 Å². The van der Waals surface area contributed by atoms with E-state index in [1.165, 1.54) is 105 Å². The molecule has 1 rings (SSSR count). The summed E-state index contributed by atoms with van der Waals surface area (Å²) in [5, 5.41) is 0. The number of hydrogen-bond acceptors (Lipinski definition) is 2. The third-order valence-electron chi connectivity index (χ3n) is 5.66. The van der Waals surface area contributed by atoms with Crippen LogP contribution in [0.25, 0.3) is 0 Å². The average molecular weight is 429 g/mol. The van der Waals surface area contributed by atoms with Crippen LogP contribution in [0.1, 0.15) is 110 Å². The fourth-order valence-corrected chi connectivity index (χ4v) is 4.50. The second-order valence-corrected chi connectivity index (χ2v) is 10.6. The highest BCUT2D eigenvalue weighted by Gasteiger charge is 2.22. The molecule has 0 radical (unpaired) electrons. The maximum Gasteiger partial charge on any atom is 0.379 e. The van der Waals surface area contributed by atoms with Crippen LogP contribution in [0.15, 0.2) is 18.7 Å². The fraction of sp³-hybridized carbons (Fsp3) is 0.870. The summed E-state index contributed by atoms with van der Waals surface area (Å²) in [4.78, 5) is 0. The van der Waals surface area contributed by atoms with E-state index in [1.54, 1.807) is 26.6 Å². The Kier molecular flexibility index (Phi) is 14.3. The van der Waals surface area contributed by atoms with Crippen LogP contribution >= 0.6 is 0 Å². The molecule has 1 heterocycles. The second-order valence-electron chi connectivity index (χ2n) is 8.57. The molecule has 0 fully saturated rings.